The van der Waals surface area contributed by atoms with Gasteiger partial charge in [-0.1, -0.05) is 43.8 Å². The SMILES string of the molecule is CC(C)c1cc(=O)n(CC(=O)Nc2ccccc2-c2cn3c(n2)SCC3)cn1. The molecule has 1 N–H and O–H groups in total. The second kappa shape index (κ2) is 7.63. The molecule has 0 unspecified atom stereocenters. The summed E-state index contributed by atoms with van der Waals surface area (Å²) in [6, 6.07) is 9.04. The van der Waals surface area contributed by atoms with Gasteiger partial charge in [0.2, 0.25) is 5.91 Å². The van der Waals surface area contributed by atoms with Crippen LogP contribution in [0.4, 0.5) is 5.69 Å². The molecule has 0 atom stereocenters. The van der Waals surface area contributed by atoms with E-state index in [1.807, 2.05) is 44.3 Å². The van der Waals surface area contributed by atoms with Gasteiger partial charge in [-0.05, 0) is 12.0 Å². The Morgan fingerprint density at radius 2 is 2.14 bits per heavy atom. The largest absolute Gasteiger partial charge is 0.325 e. The maximum absolute atomic E-state index is 12.5. The molecule has 0 saturated heterocycles. The molecular weight excluding hydrogens is 374 g/mol. The average molecular weight is 395 g/mol. The summed E-state index contributed by atoms with van der Waals surface area (Å²) < 4.78 is 3.44. The van der Waals surface area contributed by atoms with Gasteiger partial charge in [0.25, 0.3) is 5.56 Å². The predicted molar refractivity (Wildman–Crippen MR) is 110 cm³/mol. The minimum Gasteiger partial charge on any atom is -0.325 e. The Morgan fingerprint density at radius 3 is 2.89 bits per heavy atom. The van der Waals surface area contributed by atoms with Gasteiger partial charge in [0.15, 0.2) is 5.16 Å². The van der Waals surface area contributed by atoms with Crippen molar-refractivity contribution in [2.24, 2.45) is 0 Å². The number of fused-ring (bicyclic) bond motifs is 1. The van der Waals surface area contributed by atoms with Gasteiger partial charge in [-0.25, -0.2) is 9.97 Å². The molecule has 3 heterocycles. The van der Waals surface area contributed by atoms with E-state index in [4.69, 9.17) is 0 Å². The van der Waals surface area contributed by atoms with Crippen LogP contribution in [0, 0.1) is 0 Å². The normalized spacial score (nSPS) is 13.0. The summed E-state index contributed by atoms with van der Waals surface area (Å²) in [4.78, 5) is 33.7. The molecule has 4 rings (SSSR count). The summed E-state index contributed by atoms with van der Waals surface area (Å²) >= 11 is 1.73. The number of nitrogens with zero attached hydrogens (tertiary/aromatic N) is 4. The van der Waals surface area contributed by atoms with Crippen molar-refractivity contribution in [3.63, 3.8) is 0 Å². The quantitative estimate of drug-likeness (QED) is 0.718. The highest BCUT2D eigenvalue weighted by Crippen LogP contribution is 2.32. The van der Waals surface area contributed by atoms with E-state index in [-0.39, 0.29) is 23.9 Å². The Bertz CT molecular complexity index is 1060. The first-order chi connectivity index (χ1) is 13.5. The van der Waals surface area contributed by atoms with Crippen molar-refractivity contribution >= 4 is 23.4 Å². The van der Waals surface area contributed by atoms with Crippen LogP contribution in [-0.4, -0.2) is 30.8 Å². The lowest BCUT2D eigenvalue weighted by atomic mass is 10.1. The van der Waals surface area contributed by atoms with E-state index in [9.17, 15) is 9.59 Å². The number of amides is 1. The maximum Gasteiger partial charge on any atom is 0.254 e. The van der Waals surface area contributed by atoms with Gasteiger partial charge < -0.3 is 9.88 Å². The van der Waals surface area contributed by atoms with Crippen molar-refractivity contribution in [2.75, 3.05) is 11.1 Å². The van der Waals surface area contributed by atoms with E-state index < -0.39 is 0 Å². The summed E-state index contributed by atoms with van der Waals surface area (Å²) in [5.41, 5.74) is 2.86. The first-order valence-corrected chi connectivity index (χ1v) is 10.2. The first kappa shape index (κ1) is 18.5. The molecule has 144 valence electrons. The van der Waals surface area contributed by atoms with Crippen LogP contribution < -0.4 is 10.9 Å². The van der Waals surface area contributed by atoms with Gasteiger partial charge in [-0.2, -0.15) is 0 Å². The molecule has 8 heteroatoms. The molecule has 1 aliphatic rings. The lowest BCUT2D eigenvalue weighted by Gasteiger charge is -2.11. The van der Waals surface area contributed by atoms with E-state index in [1.54, 1.807) is 11.8 Å². The summed E-state index contributed by atoms with van der Waals surface area (Å²) in [7, 11) is 0. The Hall–Kier alpha value is -2.87. The van der Waals surface area contributed by atoms with Crippen molar-refractivity contribution < 1.29 is 4.79 Å². The molecule has 1 aromatic carbocycles. The van der Waals surface area contributed by atoms with Gasteiger partial charge in [0.1, 0.15) is 6.54 Å². The van der Waals surface area contributed by atoms with Crippen LogP contribution in [0.2, 0.25) is 0 Å². The fourth-order valence-corrected chi connectivity index (χ4v) is 4.02. The molecule has 0 spiro atoms. The smallest absolute Gasteiger partial charge is 0.254 e. The van der Waals surface area contributed by atoms with Crippen molar-refractivity contribution in [3.8, 4) is 11.3 Å². The fourth-order valence-electron chi connectivity index (χ4n) is 3.07. The van der Waals surface area contributed by atoms with Gasteiger partial charge in [-0.3, -0.25) is 14.2 Å². The molecular formula is C20H21N5O2S. The lowest BCUT2D eigenvalue weighted by Crippen LogP contribution is -2.28. The maximum atomic E-state index is 12.5. The first-order valence-electron chi connectivity index (χ1n) is 9.17. The predicted octanol–water partition coefficient (Wildman–Crippen LogP) is 2.97. The van der Waals surface area contributed by atoms with E-state index in [2.05, 4.69) is 19.9 Å². The molecule has 0 fully saturated rings. The highest BCUT2D eigenvalue weighted by atomic mass is 32.2. The fraction of sp³-hybridized carbons (Fsp3) is 0.300. The number of aryl methyl sites for hydroxylation is 1. The average Bonchev–Trinajstić information content (AvgIpc) is 3.25. The number of para-hydroxylation sites is 1. The Balaban J connectivity index is 1.53. The number of hydrogen-bond donors (Lipinski definition) is 1. The van der Waals surface area contributed by atoms with Gasteiger partial charge in [-0.15, -0.1) is 0 Å². The lowest BCUT2D eigenvalue weighted by molar-refractivity contribution is -0.116. The number of imidazole rings is 1. The molecule has 0 aliphatic carbocycles. The Kier molecular flexibility index (Phi) is 5.04. The van der Waals surface area contributed by atoms with E-state index in [0.717, 1.165) is 34.4 Å². The van der Waals surface area contributed by atoms with Crippen LogP contribution in [0.15, 0.2) is 52.8 Å². The highest BCUT2D eigenvalue weighted by molar-refractivity contribution is 7.99. The Labute approximate surface area is 166 Å². The third kappa shape index (κ3) is 3.73. The molecule has 3 aromatic rings. The minimum atomic E-state index is -0.283. The van der Waals surface area contributed by atoms with Crippen LogP contribution in [0.1, 0.15) is 25.5 Å². The molecule has 28 heavy (non-hydrogen) atoms. The zero-order chi connectivity index (χ0) is 19.7. The highest BCUT2D eigenvalue weighted by Gasteiger charge is 2.18. The van der Waals surface area contributed by atoms with Crippen LogP contribution in [0.25, 0.3) is 11.3 Å². The van der Waals surface area contributed by atoms with E-state index >= 15 is 0 Å². The number of carbonyl (C=O) groups is 1. The molecule has 2 aromatic heterocycles. The number of benzene rings is 1. The second-order valence-corrected chi connectivity index (χ2v) is 8.04. The van der Waals surface area contributed by atoms with Gasteiger partial charge in [0.05, 0.1) is 23.4 Å². The summed E-state index contributed by atoms with van der Waals surface area (Å²) in [5.74, 6) is 0.923. The van der Waals surface area contributed by atoms with Crippen molar-refractivity contribution in [3.05, 3.63) is 58.9 Å². The number of aromatic nitrogens is 4. The number of hydrogen-bond acceptors (Lipinski definition) is 5. The summed E-state index contributed by atoms with van der Waals surface area (Å²) in [5, 5.41) is 3.90. The molecule has 1 aliphatic heterocycles. The molecule has 1 amide bonds. The number of nitrogens with one attached hydrogen (secondary N) is 1. The third-order valence-corrected chi connectivity index (χ3v) is 5.56. The van der Waals surface area contributed by atoms with Crippen LogP contribution >= 0.6 is 11.8 Å². The summed E-state index contributed by atoms with van der Waals surface area (Å²) in [6.45, 7) is 4.80. The molecule has 0 bridgehead atoms. The molecule has 0 saturated carbocycles. The van der Waals surface area contributed by atoms with Gasteiger partial charge in [0, 0.05) is 30.1 Å². The van der Waals surface area contributed by atoms with Crippen LogP contribution in [0.3, 0.4) is 0 Å². The standard InChI is InChI=1S/C20H21N5O2S/c1-13(2)16-9-19(27)25(12-21-16)11-18(26)22-15-6-4-3-5-14(15)17-10-24-7-8-28-20(24)23-17/h3-6,9-10,12-13H,7-8,11H2,1-2H3,(H,22,26). The van der Waals surface area contributed by atoms with E-state index in [0.29, 0.717) is 5.69 Å². The third-order valence-electron chi connectivity index (χ3n) is 4.59. The monoisotopic (exact) mass is 395 g/mol. The minimum absolute atomic E-state index is 0.0892. The number of rotatable bonds is 5. The zero-order valence-corrected chi connectivity index (χ0v) is 16.6. The summed E-state index contributed by atoms with van der Waals surface area (Å²) in [6.07, 6.45) is 3.44. The number of thioether (sulfide) groups is 1. The molecule has 7 nitrogen and oxygen atoms in total. The van der Waals surface area contributed by atoms with Crippen LogP contribution in [-0.2, 0) is 17.9 Å². The van der Waals surface area contributed by atoms with Gasteiger partial charge >= 0.3 is 0 Å². The Morgan fingerprint density at radius 1 is 1.32 bits per heavy atom. The van der Waals surface area contributed by atoms with Crippen molar-refractivity contribution in [1.29, 1.82) is 0 Å². The second-order valence-electron chi connectivity index (χ2n) is 6.98. The number of carbonyl (C=O) groups excluding carboxylic acids is 1. The molecule has 0 radical (unpaired) electrons. The zero-order valence-electron chi connectivity index (χ0n) is 15.8. The van der Waals surface area contributed by atoms with Crippen molar-refractivity contribution in [2.45, 2.75) is 38.0 Å². The topological polar surface area (TPSA) is 81.8 Å². The number of anilines is 1. The van der Waals surface area contributed by atoms with Crippen molar-refractivity contribution in [1.82, 2.24) is 19.1 Å². The van der Waals surface area contributed by atoms with Crippen LogP contribution in [0.5, 0.6) is 0 Å². The van der Waals surface area contributed by atoms with E-state index in [1.165, 1.54) is 17.0 Å².